The van der Waals surface area contributed by atoms with Gasteiger partial charge in [0.2, 0.25) is 0 Å². The molecule has 1 heterocycles. The van der Waals surface area contributed by atoms with Gasteiger partial charge in [-0.25, -0.2) is 4.39 Å². The third kappa shape index (κ3) is 4.57. The maximum absolute atomic E-state index is 13.4. The topological polar surface area (TPSA) is 21.3 Å². The van der Waals surface area contributed by atoms with E-state index in [0.717, 1.165) is 44.4 Å². The van der Waals surface area contributed by atoms with Crippen LogP contribution in [0.2, 0.25) is 0 Å². The van der Waals surface area contributed by atoms with Crippen molar-refractivity contribution < 1.29 is 9.13 Å². The number of benzene rings is 1. The Morgan fingerprint density at radius 3 is 3.00 bits per heavy atom. The van der Waals surface area contributed by atoms with Gasteiger partial charge >= 0.3 is 0 Å². The summed E-state index contributed by atoms with van der Waals surface area (Å²) in [5.41, 5.74) is 2.28. The van der Waals surface area contributed by atoms with Gasteiger partial charge in [-0.15, -0.1) is 0 Å². The number of hydrogen-bond acceptors (Lipinski definition) is 2. The smallest absolute Gasteiger partial charge is 0.123 e. The normalized spacial score (nSPS) is 20.2. The maximum atomic E-state index is 13.4. The Hall–Kier alpha value is -0.930. The molecule has 2 nitrogen and oxygen atoms in total. The lowest BCUT2D eigenvalue weighted by Gasteiger charge is -2.22. The first-order chi connectivity index (χ1) is 9.69. The summed E-state index contributed by atoms with van der Waals surface area (Å²) in [4.78, 5) is 0. The van der Waals surface area contributed by atoms with Crippen LogP contribution in [0.3, 0.4) is 0 Å². The van der Waals surface area contributed by atoms with Crippen LogP contribution in [-0.4, -0.2) is 25.3 Å². The zero-order chi connectivity index (χ0) is 14.4. The summed E-state index contributed by atoms with van der Waals surface area (Å²) in [6.45, 7) is 6.12. The highest BCUT2D eigenvalue weighted by Gasteiger charge is 2.21. The second kappa shape index (κ2) is 7.75. The molecule has 20 heavy (non-hydrogen) atoms. The first kappa shape index (κ1) is 15.5. The highest BCUT2D eigenvalue weighted by molar-refractivity contribution is 5.27. The minimum Gasteiger partial charge on any atom is -0.378 e. The summed E-state index contributed by atoms with van der Waals surface area (Å²) < 4.78 is 19.2. The Morgan fingerprint density at radius 2 is 2.30 bits per heavy atom. The van der Waals surface area contributed by atoms with Gasteiger partial charge in [-0.1, -0.05) is 13.0 Å². The van der Waals surface area contributed by atoms with Gasteiger partial charge in [0.1, 0.15) is 5.82 Å². The Balaban J connectivity index is 1.99. The molecule has 1 N–H and O–H groups in total. The minimum atomic E-state index is -0.142. The van der Waals surface area contributed by atoms with E-state index in [9.17, 15) is 4.39 Å². The molecular formula is C17H26FNO. The molecule has 1 fully saturated rings. The molecule has 0 bridgehead atoms. The molecule has 0 amide bonds. The average molecular weight is 279 g/mol. The van der Waals surface area contributed by atoms with Gasteiger partial charge in [-0.2, -0.15) is 0 Å². The molecule has 0 spiro atoms. The standard InChI is InChI=1S/C17H26FNO/c1-3-8-19-16(12-17-5-4-9-20-17)11-14-10-15(18)7-6-13(14)2/h6-7,10,16-17,19H,3-5,8-9,11-12H2,1-2H3. The number of aryl methyl sites for hydroxylation is 1. The molecule has 0 aliphatic carbocycles. The van der Waals surface area contributed by atoms with Crippen molar-refractivity contribution in [3.8, 4) is 0 Å². The lowest BCUT2D eigenvalue weighted by Crippen LogP contribution is -2.35. The van der Waals surface area contributed by atoms with E-state index in [1.807, 2.05) is 6.07 Å². The third-order valence-electron chi connectivity index (χ3n) is 4.03. The average Bonchev–Trinajstić information content (AvgIpc) is 2.93. The highest BCUT2D eigenvalue weighted by atomic mass is 19.1. The van der Waals surface area contributed by atoms with E-state index in [-0.39, 0.29) is 5.82 Å². The predicted molar refractivity (Wildman–Crippen MR) is 80.5 cm³/mol. The molecule has 112 valence electrons. The van der Waals surface area contributed by atoms with Crippen LogP contribution >= 0.6 is 0 Å². The summed E-state index contributed by atoms with van der Waals surface area (Å²) in [6.07, 6.45) is 5.72. The number of hydrogen-bond donors (Lipinski definition) is 1. The lowest BCUT2D eigenvalue weighted by molar-refractivity contribution is 0.0945. The zero-order valence-electron chi connectivity index (χ0n) is 12.6. The fraction of sp³-hybridized carbons (Fsp3) is 0.647. The Bertz CT molecular complexity index is 415. The van der Waals surface area contributed by atoms with Crippen LogP contribution in [0.15, 0.2) is 18.2 Å². The first-order valence-corrected chi connectivity index (χ1v) is 7.79. The van der Waals surface area contributed by atoms with E-state index in [0.29, 0.717) is 12.1 Å². The molecule has 1 aromatic rings. The van der Waals surface area contributed by atoms with Crippen molar-refractivity contribution in [2.75, 3.05) is 13.2 Å². The van der Waals surface area contributed by atoms with E-state index < -0.39 is 0 Å². The summed E-state index contributed by atoms with van der Waals surface area (Å²) in [7, 11) is 0. The van der Waals surface area contributed by atoms with E-state index in [4.69, 9.17) is 4.74 Å². The Labute approximate surface area is 121 Å². The van der Waals surface area contributed by atoms with Gasteiger partial charge in [0.15, 0.2) is 0 Å². The number of halogens is 1. The van der Waals surface area contributed by atoms with Crippen LogP contribution in [0, 0.1) is 12.7 Å². The molecule has 2 atom stereocenters. The first-order valence-electron chi connectivity index (χ1n) is 7.79. The van der Waals surface area contributed by atoms with Gasteiger partial charge in [-0.3, -0.25) is 0 Å². The van der Waals surface area contributed by atoms with Crippen LogP contribution in [-0.2, 0) is 11.2 Å². The van der Waals surface area contributed by atoms with Gasteiger partial charge in [0, 0.05) is 12.6 Å². The van der Waals surface area contributed by atoms with Crippen molar-refractivity contribution in [1.29, 1.82) is 0 Å². The molecule has 1 aliphatic heterocycles. The van der Waals surface area contributed by atoms with Gasteiger partial charge in [0.05, 0.1) is 6.10 Å². The van der Waals surface area contributed by atoms with Crippen LogP contribution in [0.5, 0.6) is 0 Å². The van der Waals surface area contributed by atoms with Crippen LogP contribution in [0.4, 0.5) is 4.39 Å². The van der Waals surface area contributed by atoms with E-state index >= 15 is 0 Å². The van der Waals surface area contributed by atoms with Crippen LogP contribution in [0.1, 0.15) is 43.7 Å². The Kier molecular flexibility index (Phi) is 5.99. The molecule has 2 unspecified atom stereocenters. The largest absolute Gasteiger partial charge is 0.378 e. The molecule has 3 heteroatoms. The summed E-state index contributed by atoms with van der Waals surface area (Å²) in [5, 5.41) is 3.59. The van der Waals surface area contributed by atoms with Crippen LogP contribution in [0.25, 0.3) is 0 Å². The second-order valence-corrected chi connectivity index (χ2v) is 5.80. The van der Waals surface area contributed by atoms with Crippen molar-refractivity contribution in [3.05, 3.63) is 35.1 Å². The molecule has 0 saturated carbocycles. The molecule has 0 radical (unpaired) electrons. The van der Waals surface area contributed by atoms with Crippen molar-refractivity contribution in [1.82, 2.24) is 5.32 Å². The fourth-order valence-electron chi connectivity index (χ4n) is 2.86. The van der Waals surface area contributed by atoms with E-state index in [1.165, 1.54) is 18.1 Å². The van der Waals surface area contributed by atoms with Crippen LogP contribution < -0.4 is 5.32 Å². The SMILES string of the molecule is CCCNC(Cc1cc(F)ccc1C)CC1CCCO1. The summed E-state index contributed by atoms with van der Waals surface area (Å²) >= 11 is 0. The van der Waals surface area contributed by atoms with Gasteiger partial charge in [-0.05, 0) is 68.8 Å². The Morgan fingerprint density at radius 1 is 1.45 bits per heavy atom. The summed E-state index contributed by atoms with van der Waals surface area (Å²) in [5.74, 6) is -0.142. The third-order valence-corrected chi connectivity index (χ3v) is 4.03. The molecule has 0 aromatic heterocycles. The molecule has 1 aromatic carbocycles. The number of nitrogens with one attached hydrogen (secondary N) is 1. The molecular weight excluding hydrogens is 253 g/mol. The quantitative estimate of drug-likeness (QED) is 0.823. The van der Waals surface area contributed by atoms with Crippen molar-refractivity contribution in [2.24, 2.45) is 0 Å². The minimum absolute atomic E-state index is 0.142. The molecule has 2 rings (SSSR count). The monoisotopic (exact) mass is 279 g/mol. The second-order valence-electron chi connectivity index (χ2n) is 5.80. The highest BCUT2D eigenvalue weighted by Crippen LogP contribution is 2.20. The zero-order valence-corrected chi connectivity index (χ0v) is 12.6. The predicted octanol–water partition coefficient (Wildman–Crippen LogP) is 3.61. The summed E-state index contributed by atoms with van der Waals surface area (Å²) in [6, 6.07) is 5.45. The van der Waals surface area contributed by atoms with Gasteiger partial charge in [0.25, 0.3) is 0 Å². The van der Waals surface area contributed by atoms with Crippen molar-refractivity contribution in [2.45, 2.75) is 58.1 Å². The fourth-order valence-corrected chi connectivity index (χ4v) is 2.86. The van der Waals surface area contributed by atoms with E-state index in [1.54, 1.807) is 6.07 Å². The van der Waals surface area contributed by atoms with E-state index in [2.05, 4.69) is 19.2 Å². The van der Waals surface area contributed by atoms with Crippen molar-refractivity contribution in [3.63, 3.8) is 0 Å². The lowest BCUT2D eigenvalue weighted by atomic mass is 9.96. The molecule has 1 saturated heterocycles. The van der Waals surface area contributed by atoms with Gasteiger partial charge < -0.3 is 10.1 Å². The maximum Gasteiger partial charge on any atom is 0.123 e. The molecule has 1 aliphatic rings. The van der Waals surface area contributed by atoms with Crippen molar-refractivity contribution >= 4 is 0 Å². The number of ether oxygens (including phenoxy) is 1. The number of rotatable bonds is 7.